The first-order chi connectivity index (χ1) is 23.1. The van der Waals surface area contributed by atoms with Crippen LogP contribution in [0.1, 0.15) is 36.5 Å². The number of aromatic nitrogens is 1. The molecule has 0 bridgehead atoms. The average Bonchev–Trinajstić information content (AvgIpc) is 3.72. The van der Waals surface area contributed by atoms with E-state index in [0.29, 0.717) is 0 Å². The Morgan fingerprint density at radius 2 is 1.42 bits per heavy atom. The number of rotatable bonds is 16. The number of nitrogens with one attached hydrogen (secondary N) is 4. The Morgan fingerprint density at radius 3 is 2.08 bits per heavy atom. The van der Waals surface area contributed by atoms with Gasteiger partial charge in [0, 0.05) is 29.9 Å². The Kier molecular flexibility index (Phi) is 10.9. The lowest BCUT2D eigenvalue weighted by Crippen LogP contribution is -2.57. The van der Waals surface area contributed by atoms with E-state index < -0.39 is 47.5 Å². The number of alkyl carbamates (subject to hydrolysis) is 1. The number of benzene rings is 3. The van der Waals surface area contributed by atoms with Gasteiger partial charge < -0.3 is 36.1 Å². The van der Waals surface area contributed by atoms with E-state index in [2.05, 4.69) is 20.9 Å². The standard InChI is InChI=1S/C36H39N5O7/c1-36(22-48-36)32(43)29(18-23-10-4-2-5-11-23)39-34(45)30(19-25-20-38-27-15-9-8-14-26(25)27)40-33(44)28(16-17-31(37)42)41-35(46)47-21-24-12-6-3-7-13-24/h2-15,20,28-30,38H,16-19,21-22H2,1H3,(H2,37,42)(H,39,45)(H,40,44)(H,41,46)/t28-,29-,30-,36-/m0/s1. The van der Waals surface area contributed by atoms with Crippen molar-refractivity contribution in [2.24, 2.45) is 5.73 Å². The van der Waals surface area contributed by atoms with E-state index >= 15 is 0 Å². The van der Waals surface area contributed by atoms with E-state index in [-0.39, 0.29) is 44.7 Å². The lowest BCUT2D eigenvalue weighted by Gasteiger charge is -2.26. The molecule has 12 nitrogen and oxygen atoms in total. The van der Waals surface area contributed by atoms with Crippen molar-refractivity contribution in [3.05, 3.63) is 108 Å². The summed E-state index contributed by atoms with van der Waals surface area (Å²) in [6.45, 7) is 1.88. The molecule has 1 aliphatic rings. The van der Waals surface area contributed by atoms with Crippen LogP contribution in [-0.4, -0.2) is 64.9 Å². The highest BCUT2D eigenvalue weighted by Crippen LogP contribution is 2.29. The molecule has 1 aromatic heterocycles. The number of nitrogens with two attached hydrogens (primary N) is 1. The summed E-state index contributed by atoms with van der Waals surface area (Å²) in [7, 11) is 0. The van der Waals surface area contributed by atoms with Crippen LogP contribution in [0, 0.1) is 0 Å². The first-order valence-corrected chi connectivity index (χ1v) is 15.7. The van der Waals surface area contributed by atoms with Crippen molar-refractivity contribution in [3.63, 3.8) is 0 Å². The molecule has 5 rings (SSSR count). The molecule has 3 aromatic carbocycles. The summed E-state index contributed by atoms with van der Waals surface area (Å²) in [6.07, 6.45) is 0.812. The topological polar surface area (TPSA) is 185 Å². The highest BCUT2D eigenvalue weighted by molar-refractivity contribution is 5.99. The Morgan fingerprint density at radius 1 is 0.812 bits per heavy atom. The Labute approximate surface area is 277 Å². The highest BCUT2D eigenvalue weighted by Gasteiger charge is 2.50. The molecule has 6 N–H and O–H groups in total. The van der Waals surface area contributed by atoms with E-state index in [9.17, 15) is 24.0 Å². The number of carbonyl (C=O) groups excluding carboxylic acids is 5. The van der Waals surface area contributed by atoms with Crippen LogP contribution in [0.15, 0.2) is 91.1 Å². The maximum absolute atomic E-state index is 14.0. The summed E-state index contributed by atoms with van der Waals surface area (Å²) in [5.41, 5.74) is 7.52. The van der Waals surface area contributed by atoms with Gasteiger partial charge in [-0.2, -0.15) is 0 Å². The van der Waals surface area contributed by atoms with Gasteiger partial charge in [-0.1, -0.05) is 78.9 Å². The summed E-state index contributed by atoms with van der Waals surface area (Å²) in [5.74, 6) is -2.28. The zero-order valence-electron chi connectivity index (χ0n) is 26.6. The summed E-state index contributed by atoms with van der Waals surface area (Å²) < 4.78 is 10.7. The van der Waals surface area contributed by atoms with Gasteiger partial charge in [-0.05, 0) is 42.5 Å². The molecule has 0 unspecified atom stereocenters. The second-order valence-corrected chi connectivity index (χ2v) is 12.0. The smallest absolute Gasteiger partial charge is 0.408 e. The average molecular weight is 654 g/mol. The third-order valence-electron chi connectivity index (χ3n) is 8.25. The highest BCUT2D eigenvalue weighted by atomic mass is 16.6. The van der Waals surface area contributed by atoms with E-state index in [1.54, 1.807) is 37.4 Å². The van der Waals surface area contributed by atoms with Crippen LogP contribution in [0.25, 0.3) is 10.9 Å². The fourth-order valence-electron chi connectivity index (χ4n) is 5.41. The van der Waals surface area contributed by atoms with Gasteiger partial charge >= 0.3 is 6.09 Å². The number of ether oxygens (including phenoxy) is 2. The van der Waals surface area contributed by atoms with Crippen LogP contribution in [0.3, 0.4) is 0 Å². The Hall–Kier alpha value is -5.49. The van der Waals surface area contributed by atoms with Crippen LogP contribution in [-0.2, 0) is 48.1 Å². The number of aromatic amines is 1. The molecule has 4 aromatic rings. The van der Waals surface area contributed by atoms with Gasteiger partial charge in [0.15, 0.2) is 5.78 Å². The van der Waals surface area contributed by atoms with Crippen molar-refractivity contribution >= 4 is 40.5 Å². The molecule has 0 aliphatic carbocycles. The number of epoxide rings is 1. The van der Waals surface area contributed by atoms with Crippen LogP contribution in [0.5, 0.6) is 0 Å². The number of fused-ring (bicyclic) bond motifs is 1. The zero-order chi connectivity index (χ0) is 34.1. The molecule has 0 radical (unpaired) electrons. The lowest BCUT2D eigenvalue weighted by atomic mass is 9.94. The van der Waals surface area contributed by atoms with Gasteiger partial charge in [0.05, 0.1) is 12.6 Å². The molecule has 0 saturated carbocycles. The van der Waals surface area contributed by atoms with Crippen LogP contribution < -0.4 is 21.7 Å². The molecule has 2 heterocycles. The maximum Gasteiger partial charge on any atom is 0.408 e. The minimum Gasteiger partial charge on any atom is -0.445 e. The largest absolute Gasteiger partial charge is 0.445 e. The molecule has 1 fully saturated rings. The monoisotopic (exact) mass is 653 g/mol. The summed E-state index contributed by atoms with van der Waals surface area (Å²) in [4.78, 5) is 68.9. The van der Waals surface area contributed by atoms with Gasteiger partial charge in [0.25, 0.3) is 0 Å². The fraction of sp³-hybridized carbons (Fsp3) is 0.306. The fourth-order valence-corrected chi connectivity index (χ4v) is 5.41. The van der Waals surface area contributed by atoms with E-state index in [4.69, 9.17) is 15.2 Å². The molecule has 4 atom stereocenters. The molecular formula is C36H39N5O7. The minimum absolute atomic E-state index is 0.0398. The first kappa shape index (κ1) is 33.9. The van der Waals surface area contributed by atoms with Crippen molar-refractivity contribution in [3.8, 4) is 0 Å². The first-order valence-electron chi connectivity index (χ1n) is 15.7. The number of H-pyrrole nitrogens is 1. The third kappa shape index (κ3) is 9.07. The SMILES string of the molecule is C[C@@]1(C(=O)[C@H](Cc2ccccc2)NC(=O)[C@H](Cc2c[nH]c3ccccc23)NC(=O)[C@H](CCC(N)=O)NC(=O)OCc2ccccc2)CO1. The number of ketones is 1. The molecule has 1 aliphatic heterocycles. The van der Waals surface area contributed by atoms with Crippen molar-refractivity contribution in [2.45, 2.75) is 62.9 Å². The Balaban J connectivity index is 1.36. The number of Topliss-reactive ketones (excluding diaryl/α,β-unsaturated/α-hetero) is 1. The van der Waals surface area contributed by atoms with Gasteiger partial charge in [-0.3, -0.25) is 19.2 Å². The molecule has 250 valence electrons. The van der Waals surface area contributed by atoms with Crippen molar-refractivity contribution in [1.29, 1.82) is 0 Å². The molecule has 12 heteroatoms. The van der Waals surface area contributed by atoms with Gasteiger partial charge in [0.2, 0.25) is 17.7 Å². The molecule has 1 saturated heterocycles. The number of carbonyl (C=O) groups is 5. The van der Waals surface area contributed by atoms with Crippen LogP contribution in [0.4, 0.5) is 4.79 Å². The number of amides is 4. The van der Waals surface area contributed by atoms with Crippen LogP contribution in [0.2, 0.25) is 0 Å². The van der Waals surface area contributed by atoms with E-state index in [1.807, 2.05) is 60.7 Å². The number of para-hydroxylation sites is 1. The predicted octanol–water partition coefficient (Wildman–Crippen LogP) is 2.84. The van der Waals surface area contributed by atoms with Crippen molar-refractivity contribution in [2.75, 3.05) is 6.61 Å². The summed E-state index contributed by atoms with van der Waals surface area (Å²) >= 11 is 0. The second kappa shape index (κ2) is 15.4. The third-order valence-corrected chi connectivity index (χ3v) is 8.25. The summed E-state index contributed by atoms with van der Waals surface area (Å²) in [6, 6.07) is 22.4. The maximum atomic E-state index is 14.0. The number of hydrogen-bond donors (Lipinski definition) is 5. The summed E-state index contributed by atoms with van der Waals surface area (Å²) in [5, 5.41) is 8.98. The Bertz CT molecular complexity index is 1750. The van der Waals surface area contributed by atoms with Gasteiger partial charge in [-0.15, -0.1) is 0 Å². The lowest BCUT2D eigenvalue weighted by molar-refractivity contribution is -0.133. The normalized spacial score (nSPS) is 17.0. The predicted molar refractivity (Wildman–Crippen MR) is 177 cm³/mol. The van der Waals surface area contributed by atoms with Gasteiger partial charge in [-0.25, -0.2) is 4.79 Å². The van der Waals surface area contributed by atoms with Crippen molar-refractivity contribution < 1.29 is 33.4 Å². The quantitative estimate of drug-likeness (QED) is 0.115. The second-order valence-electron chi connectivity index (χ2n) is 12.0. The molecule has 48 heavy (non-hydrogen) atoms. The van der Waals surface area contributed by atoms with E-state index in [1.165, 1.54) is 0 Å². The molecule has 0 spiro atoms. The van der Waals surface area contributed by atoms with Gasteiger partial charge in [0.1, 0.15) is 24.3 Å². The number of primary amides is 1. The number of hydrogen-bond acceptors (Lipinski definition) is 7. The van der Waals surface area contributed by atoms with Crippen molar-refractivity contribution in [1.82, 2.24) is 20.9 Å². The molecular weight excluding hydrogens is 614 g/mol. The van der Waals surface area contributed by atoms with Crippen LogP contribution >= 0.6 is 0 Å². The zero-order valence-corrected chi connectivity index (χ0v) is 26.6. The minimum atomic E-state index is -1.25. The van der Waals surface area contributed by atoms with E-state index in [0.717, 1.165) is 27.6 Å². The molecule has 4 amide bonds.